The lowest BCUT2D eigenvalue weighted by molar-refractivity contribution is 0.122. The second-order valence-corrected chi connectivity index (χ2v) is 5.51. The van der Waals surface area contributed by atoms with Gasteiger partial charge >= 0.3 is 0 Å². The van der Waals surface area contributed by atoms with Crippen LogP contribution in [0.3, 0.4) is 0 Å². The van der Waals surface area contributed by atoms with Crippen molar-refractivity contribution in [2.75, 3.05) is 26.8 Å². The van der Waals surface area contributed by atoms with Crippen molar-refractivity contribution < 1.29 is 4.74 Å². The predicted octanol–water partition coefficient (Wildman–Crippen LogP) is 1.61. The highest BCUT2D eigenvalue weighted by molar-refractivity contribution is 4.87. The van der Waals surface area contributed by atoms with E-state index in [0.717, 1.165) is 25.1 Å². The van der Waals surface area contributed by atoms with Gasteiger partial charge in [0.15, 0.2) is 0 Å². The molecule has 3 nitrogen and oxygen atoms in total. The SMILES string of the molecule is COCCN(CC1CCCC(N)C1)C1CC1. The van der Waals surface area contributed by atoms with Gasteiger partial charge in [-0.25, -0.2) is 0 Å². The smallest absolute Gasteiger partial charge is 0.0589 e. The Hall–Kier alpha value is -0.120. The Bertz CT molecular complexity index is 206. The summed E-state index contributed by atoms with van der Waals surface area (Å²) in [5.74, 6) is 0.834. The molecule has 0 saturated heterocycles. The van der Waals surface area contributed by atoms with Gasteiger partial charge < -0.3 is 10.5 Å². The van der Waals surface area contributed by atoms with E-state index >= 15 is 0 Å². The van der Waals surface area contributed by atoms with Gasteiger partial charge in [-0.3, -0.25) is 4.90 Å². The fourth-order valence-electron chi connectivity index (χ4n) is 2.90. The molecular weight excluding hydrogens is 200 g/mol. The van der Waals surface area contributed by atoms with Crippen LogP contribution in [0.1, 0.15) is 38.5 Å². The van der Waals surface area contributed by atoms with Crippen LogP contribution >= 0.6 is 0 Å². The number of hydrogen-bond donors (Lipinski definition) is 1. The molecule has 0 aliphatic heterocycles. The molecular formula is C13H26N2O. The Labute approximate surface area is 99.3 Å². The van der Waals surface area contributed by atoms with Crippen molar-refractivity contribution in [1.82, 2.24) is 4.90 Å². The van der Waals surface area contributed by atoms with Crippen molar-refractivity contribution in [1.29, 1.82) is 0 Å². The third-order valence-electron chi connectivity index (χ3n) is 3.96. The van der Waals surface area contributed by atoms with E-state index in [2.05, 4.69) is 4.90 Å². The number of rotatable bonds is 6. The first-order valence-corrected chi connectivity index (χ1v) is 6.78. The maximum absolute atomic E-state index is 6.05. The van der Waals surface area contributed by atoms with Gasteiger partial charge in [0, 0.05) is 32.3 Å². The number of methoxy groups -OCH3 is 1. The van der Waals surface area contributed by atoms with Gasteiger partial charge in [0.2, 0.25) is 0 Å². The second kappa shape index (κ2) is 5.99. The van der Waals surface area contributed by atoms with Gasteiger partial charge in [-0.1, -0.05) is 6.42 Å². The standard InChI is InChI=1S/C13H26N2O/c1-16-8-7-15(13-5-6-13)10-11-3-2-4-12(14)9-11/h11-13H,2-10,14H2,1H3. The molecule has 2 unspecified atom stereocenters. The van der Waals surface area contributed by atoms with Crippen LogP contribution in [0.5, 0.6) is 0 Å². The lowest BCUT2D eigenvalue weighted by atomic mass is 9.86. The zero-order valence-corrected chi connectivity index (χ0v) is 10.5. The molecule has 2 rings (SSSR count). The first kappa shape index (κ1) is 12.3. The van der Waals surface area contributed by atoms with E-state index in [1.165, 1.54) is 45.1 Å². The highest BCUT2D eigenvalue weighted by Crippen LogP contribution is 2.30. The van der Waals surface area contributed by atoms with Crippen LogP contribution in [0.4, 0.5) is 0 Å². The summed E-state index contributed by atoms with van der Waals surface area (Å²) in [6, 6.07) is 1.32. The largest absolute Gasteiger partial charge is 0.383 e. The fraction of sp³-hybridized carbons (Fsp3) is 1.00. The first-order valence-electron chi connectivity index (χ1n) is 6.78. The molecule has 2 atom stereocenters. The summed E-state index contributed by atoms with van der Waals surface area (Å²) >= 11 is 0. The monoisotopic (exact) mass is 226 g/mol. The minimum atomic E-state index is 0.460. The third-order valence-corrected chi connectivity index (χ3v) is 3.96. The zero-order chi connectivity index (χ0) is 11.4. The molecule has 3 heteroatoms. The van der Waals surface area contributed by atoms with Crippen LogP contribution in [-0.2, 0) is 4.74 Å². The highest BCUT2D eigenvalue weighted by atomic mass is 16.5. The molecule has 2 aliphatic carbocycles. The van der Waals surface area contributed by atoms with E-state index in [-0.39, 0.29) is 0 Å². The van der Waals surface area contributed by atoms with Crippen molar-refractivity contribution in [3.8, 4) is 0 Å². The average molecular weight is 226 g/mol. The van der Waals surface area contributed by atoms with Crippen molar-refractivity contribution in [2.45, 2.75) is 50.6 Å². The summed E-state index contributed by atoms with van der Waals surface area (Å²) in [6.45, 7) is 3.23. The first-order chi connectivity index (χ1) is 7.79. The topological polar surface area (TPSA) is 38.5 Å². The van der Waals surface area contributed by atoms with Gasteiger partial charge in [0.05, 0.1) is 6.61 Å². The van der Waals surface area contributed by atoms with E-state index in [1.54, 1.807) is 7.11 Å². The molecule has 2 N–H and O–H groups in total. The maximum atomic E-state index is 6.05. The van der Waals surface area contributed by atoms with Gasteiger partial charge in [-0.05, 0) is 38.0 Å². The van der Waals surface area contributed by atoms with Crippen LogP contribution in [0.15, 0.2) is 0 Å². The van der Waals surface area contributed by atoms with Gasteiger partial charge in [-0.15, -0.1) is 0 Å². The van der Waals surface area contributed by atoms with Crippen LogP contribution < -0.4 is 5.73 Å². The van der Waals surface area contributed by atoms with E-state index < -0.39 is 0 Å². The van der Waals surface area contributed by atoms with Crippen molar-refractivity contribution >= 4 is 0 Å². The Morgan fingerprint density at radius 2 is 2.06 bits per heavy atom. The molecule has 0 aromatic rings. The quantitative estimate of drug-likeness (QED) is 0.748. The number of ether oxygens (including phenoxy) is 1. The van der Waals surface area contributed by atoms with Crippen molar-refractivity contribution in [2.24, 2.45) is 11.7 Å². The van der Waals surface area contributed by atoms with Crippen molar-refractivity contribution in [3.05, 3.63) is 0 Å². The summed E-state index contributed by atoms with van der Waals surface area (Å²) < 4.78 is 5.19. The molecule has 0 aromatic carbocycles. The molecule has 2 saturated carbocycles. The molecule has 0 aromatic heterocycles. The molecule has 0 spiro atoms. The Balaban J connectivity index is 1.75. The molecule has 0 radical (unpaired) electrons. The Kier molecular flexibility index (Phi) is 4.62. The molecule has 0 heterocycles. The summed E-state index contributed by atoms with van der Waals surface area (Å²) in [5.41, 5.74) is 6.05. The predicted molar refractivity (Wildman–Crippen MR) is 66.4 cm³/mol. The average Bonchev–Trinajstić information content (AvgIpc) is 3.08. The third kappa shape index (κ3) is 3.72. The van der Waals surface area contributed by atoms with Crippen LogP contribution in [0.25, 0.3) is 0 Å². The van der Waals surface area contributed by atoms with E-state index in [4.69, 9.17) is 10.5 Å². The fourth-order valence-corrected chi connectivity index (χ4v) is 2.90. The number of nitrogens with two attached hydrogens (primary N) is 1. The molecule has 0 bridgehead atoms. The van der Waals surface area contributed by atoms with Gasteiger partial charge in [0.1, 0.15) is 0 Å². The van der Waals surface area contributed by atoms with Crippen LogP contribution in [-0.4, -0.2) is 43.8 Å². The highest BCUT2D eigenvalue weighted by Gasteiger charge is 2.31. The summed E-state index contributed by atoms with van der Waals surface area (Å²) in [4.78, 5) is 2.63. The van der Waals surface area contributed by atoms with E-state index in [9.17, 15) is 0 Å². The van der Waals surface area contributed by atoms with Gasteiger partial charge in [-0.2, -0.15) is 0 Å². The van der Waals surface area contributed by atoms with E-state index in [0.29, 0.717) is 6.04 Å². The molecule has 94 valence electrons. The normalized spacial score (nSPS) is 30.9. The Morgan fingerprint density at radius 1 is 1.25 bits per heavy atom. The lowest BCUT2D eigenvalue weighted by Crippen LogP contribution is -2.38. The van der Waals surface area contributed by atoms with E-state index in [1.807, 2.05) is 0 Å². The molecule has 0 amide bonds. The Morgan fingerprint density at radius 3 is 2.69 bits per heavy atom. The zero-order valence-electron chi connectivity index (χ0n) is 10.5. The summed E-state index contributed by atoms with van der Waals surface area (Å²) in [5, 5.41) is 0. The van der Waals surface area contributed by atoms with Gasteiger partial charge in [0.25, 0.3) is 0 Å². The second-order valence-electron chi connectivity index (χ2n) is 5.51. The van der Waals surface area contributed by atoms with Crippen LogP contribution in [0.2, 0.25) is 0 Å². The lowest BCUT2D eigenvalue weighted by Gasteiger charge is -2.32. The van der Waals surface area contributed by atoms with Crippen molar-refractivity contribution in [3.63, 3.8) is 0 Å². The molecule has 16 heavy (non-hydrogen) atoms. The number of nitrogens with zero attached hydrogens (tertiary/aromatic N) is 1. The number of hydrogen-bond acceptors (Lipinski definition) is 3. The molecule has 2 fully saturated rings. The maximum Gasteiger partial charge on any atom is 0.0589 e. The molecule has 2 aliphatic rings. The summed E-state index contributed by atoms with van der Waals surface area (Å²) in [7, 11) is 1.79. The summed E-state index contributed by atoms with van der Waals surface area (Å²) in [6.07, 6.45) is 7.96. The minimum absolute atomic E-state index is 0.460. The van der Waals surface area contributed by atoms with Crippen LogP contribution in [0, 0.1) is 5.92 Å². The minimum Gasteiger partial charge on any atom is -0.383 e.